The molecule has 0 aliphatic carbocycles. The quantitative estimate of drug-likeness (QED) is 0.505. The number of ether oxygens (including phenoxy) is 2. The van der Waals surface area contributed by atoms with E-state index in [9.17, 15) is 8.78 Å². The van der Waals surface area contributed by atoms with E-state index >= 15 is 0 Å². The summed E-state index contributed by atoms with van der Waals surface area (Å²) in [7, 11) is 3.01. The number of halogens is 2. The van der Waals surface area contributed by atoms with Crippen molar-refractivity contribution in [3.8, 4) is 39.7 Å². The van der Waals surface area contributed by atoms with Crippen molar-refractivity contribution in [2.24, 2.45) is 0 Å². The van der Waals surface area contributed by atoms with Gasteiger partial charge in [0.1, 0.15) is 11.4 Å². The summed E-state index contributed by atoms with van der Waals surface area (Å²) in [5.41, 5.74) is 1.59. The number of aromatic nitrogens is 4. The second-order valence-electron chi connectivity index (χ2n) is 6.12. The van der Waals surface area contributed by atoms with Crippen LogP contribution in [0.4, 0.5) is 8.78 Å². The molecule has 0 aliphatic heterocycles. The molecule has 4 aromatic rings. The first-order valence-corrected chi connectivity index (χ1v) is 8.66. The lowest BCUT2D eigenvalue weighted by Crippen LogP contribution is -2.03. The van der Waals surface area contributed by atoms with Crippen molar-refractivity contribution in [2.75, 3.05) is 14.2 Å². The van der Waals surface area contributed by atoms with Gasteiger partial charge in [0.25, 0.3) is 0 Å². The molecule has 0 fully saturated rings. The first kappa shape index (κ1) is 18.5. The highest BCUT2D eigenvalue weighted by molar-refractivity contribution is 5.68. The zero-order valence-corrected chi connectivity index (χ0v) is 15.6. The fourth-order valence-corrected chi connectivity index (χ4v) is 2.97. The summed E-state index contributed by atoms with van der Waals surface area (Å²) in [6.45, 7) is 0. The third kappa shape index (κ3) is 3.52. The van der Waals surface area contributed by atoms with Crippen molar-refractivity contribution in [1.29, 1.82) is 0 Å². The van der Waals surface area contributed by atoms with Crippen molar-refractivity contribution in [3.05, 3.63) is 72.6 Å². The Kier molecular flexibility index (Phi) is 4.90. The zero-order chi connectivity index (χ0) is 20.4. The van der Waals surface area contributed by atoms with Crippen LogP contribution in [0.25, 0.3) is 28.2 Å². The predicted molar refractivity (Wildman–Crippen MR) is 103 cm³/mol. The van der Waals surface area contributed by atoms with Crippen LogP contribution >= 0.6 is 0 Å². The average molecular weight is 394 g/mol. The van der Waals surface area contributed by atoms with Gasteiger partial charge in [0, 0.05) is 6.20 Å². The highest BCUT2D eigenvalue weighted by Crippen LogP contribution is 2.34. The molecule has 29 heavy (non-hydrogen) atoms. The Labute approximate surface area is 165 Å². The molecule has 0 N–H and O–H groups in total. The summed E-state index contributed by atoms with van der Waals surface area (Å²) in [4.78, 5) is 4.16. The fourth-order valence-electron chi connectivity index (χ4n) is 2.97. The van der Waals surface area contributed by atoms with E-state index in [0.29, 0.717) is 34.0 Å². The third-order valence-corrected chi connectivity index (χ3v) is 4.38. The SMILES string of the molecule is COc1ccc(-c2cc(F)c(-n3cc(-c4ccccn4)nn3)c(F)c2)cc1OC. The van der Waals surface area contributed by atoms with Gasteiger partial charge >= 0.3 is 0 Å². The topological polar surface area (TPSA) is 62.1 Å². The van der Waals surface area contributed by atoms with Gasteiger partial charge in [-0.3, -0.25) is 4.98 Å². The molecule has 2 aromatic carbocycles. The molecule has 0 radical (unpaired) electrons. The van der Waals surface area contributed by atoms with Crippen LogP contribution in [0.2, 0.25) is 0 Å². The Bertz CT molecular complexity index is 1140. The molecule has 0 bridgehead atoms. The van der Waals surface area contributed by atoms with Crippen LogP contribution in [-0.2, 0) is 0 Å². The smallest absolute Gasteiger partial charge is 0.161 e. The average Bonchev–Trinajstić information content (AvgIpc) is 3.23. The van der Waals surface area contributed by atoms with Gasteiger partial charge < -0.3 is 9.47 Å². The first-order valence-electron chi connectivity index (χ1n) is 8.66. The lowest BCUT2D eigenvalue weighted by Gasteiger charge is -2.11. The molecule has 0 amide bonds. The maximum absolute atomic E-state index is 14.8. The minimum Gasteiger partial charge on any atom is -0.493 e. The Morgan fingerprint density at radius 1 is 0.828 bits per heavy atom. The molecule has 0 atom stereocenters. The summed E-state index contributed by atoms with van der Waals surface area (Å²) >= 11 is 0. The molecule has 0 saturated carbocycles. The molecule has 146 valence electrons. The van der Waals surface area contributed by atoms with Crippen LogP contribution in [0.15, 0.2) is 60.9 Å². The van der Waals surface area contributed by atoms with E-state index in [1.807, 2.05) is 0 Å². The number of hydrogen-bond donors (Lipinski definition) is 0. The second kappa shape index (κ2) is 7.67. The lowest BCUT2D eigenvalue weighted by molar-refractivity contribution is 0.355. The normalized spacial score (nSPS) is 10.8. The predicted octanol–water partition coefficient (Wildman–Crippen LogP) is 4.29. The largest absolute Gasteiger partial charge is 0.493 e. The van der Waals surface area contributed by atoms with Crippen molar-refractivity contribution in [3.63, 3.8) is 0 Å². The van der Waals surface area contributed by atoms with Gasteiger partial charge in [-0.1, -0.05) is 17.3 Å². The highest BCUT2D eigenvalue weighted by atomic mass is 19.1. The van der Waals surface area contributed by atoms with Gasteiger partial charge in [0.05, 0.1) is 26.1 Å². The van der Waals surface area contributed by atoms with E-state index in [4.69, 9.17) is 9.47 Å². The van der Waals surface area contributed by atoms with Crippen molar-refractivity contribution < 1.29 is 18.3 Å². The number of nitrogens with zero attached hydrogens (tertiary/aromatic N) is 4. The Hall–Kier alpha value is -3.81. The summed E-state index contributed by atoms with van der Waals surface area (Å²) in [6, 6.07) is 12.8. The van der Waals surface area contributed by atoms with Crippen molar-refractivity contribution >= 4 is 0 Å². The van der Waals surface area contributed by atoms with E-state index in [2.05, 4.69) is 15.3 Å². The molecular weight excluding hydrogens is 378 g/mol. The monoisotopic (exact) mass is 394 g/mol. The third-order valence-electron chi connectivity index (χ3n) is 4.38. The van der Waals surface area contributed by atoms with E-state index in [1.54, 1.807) is 42.6 Å². The molecule has 0 saturated heterocycles. The molecular formula is C21H16F2N4O2. The van der Waals surface area contributed by atoms with Crippen LogP contribution in [0.5, 0.6) is 11.5 Å². The minimum absolute atomic E-state index is 0.316. The van der Waals surface area contributed by atoms with Gasteiger partial charge in [-0.25, -0.2) is 13.5 Å². The number of hydrogen-bond acceptors (Lipinski definition) is 5. The lowest BCUT2D eigenvalue weighted by atomic mass is 10.0. The summed E-state index contributed by atoms with van der Waals surface area (Å²) in [6.07, 6.45) is 3.04. The van der Waals surface area contributed by atoms with Gasteiger partial charge in [0.2, 0.25) is 0 Å². The molecule has 2 heterocycles. The maximum atomic E-state index is 14.8. The van der Waals surface area contributed by atoms with E-state index in [0.717, 1.165) is 4.68 Å². The Balaban J connectivity index is 1.73. The zero-order valence-electron chi connectivity index (χ0n) is 15.6. The number of methoxy groups -OCH3 is 2. The summed E-state index contributed by atoms with van der Waals surface area (Å²) < 4.78 is 41.2. The first-order chi connectivity index (χ1) is 14.1. The van der Waals surface area contributed by atoms with Crippen molar-refractivity contribution in [2.45, 2.75) is 0 Å². The molecule has 0 aliphatic rings. The van der Waals surface area contributed by atoms with Crippen LogP contribution in [-0.4, -0.2) is 34.2 Å². The Morgan fingerprint density at radius 2 is 1.59 bits per heavy atom. The standard InChI is InChI=1S/C21H16F2N4O2/c1-28-19-7-6-13(11-20(19)29-2)14-9-15(22)21(16(23)10-14)27-12-18(25-26-27)17-5-3-4-8-24-17/h3-12H,1-2H3. The molecule has 4 rings (SSSR count). The van der Waals surface area contributed by atoms with Crippen molar-refractivity contribution in [1.82, 2.24) is 20.0 Å². The molecule has 0 spiro atoms. The molecule has 8 heteroatoms. The van der Waals surface area contributed by atoms with E-state index in [1.165, 1.54) is 32.5 Å². The highest BCUT2D eigenvalue weighted by Gasteiger charge is 2.17. The summed E-state index contributed by atoms with van der Waals surface area (Å²) in [5, 5.41) is 7.80. The molecule has 0 unspecified atom stereocenters. The van der Waals surface area contributed by atoms with Crippen LogP contribution in [0.3, 0.4) is 0 Å². The Morgan fingerprint density at radius 3 is 2.24 bits per heavy atom. The number of rotatable bonds is 5. The minimum atomic E-state index is -0.771. The van der Waals surface area contributed by atoms with Crippen LogP contribution in [0, 0.1) is 11.6 Å². The van der Waals surface area contributed by atoms with E-state index in [-0.39, 0.29) is 5.69 Å². The molecule has 2 aromatic heterocycles. The van der Waals surface area contributed by atoms with Gasteiger partial charge in [-0.15, -0.1) is 5.10 Å². The summed E-state index contributed by atoms with van der Waals surface area (Å²) in [5.74, 6) is -0.552. The number of benzene rings is 2. The van der Waals surface area contributed by atoms with E-state index < -0.39 is 11.6 Å². The van der Waals surface area contributed by atoms with Crippen LogP contribution < -0.4 is 9.47 Å². The number of pyridine rings is 1. The van der Waals surface area contributed by atoms with Crippen LogP contribution in [0.1, 0.15) is 0 Å². The maximum Gasteiger partial charge on any atom is 0.161 e. The van der Waals surface area contributed by atoms with Gasteiger partial charge in [0.15, 0.2) is 23.1 Å². The van der Waals surface area contributed by atoms with Gasteiger partial charge in [-0.05, 0) is 47.5 Å². The van der Waals surface area contributed by atoms with Gasteiger partial charge in [-0.2, -0.15) is 0 Å². The second-order valence-corrected chi connectivity index (χ2v) is 6.12. The fraction of sp³-hybridized carbons (Fsp3) is 0.0952. The molecule has 6 nitrogen and oxygen atoms in total.